The molecule has 1 aromatic rings. The van der Waals surface area contributed by atoms with Crippen LogP contribution in [0.2, 0.25) is 0 Å². The van der Waals surface area contributed by atoms with E-state index in [1.165, 1.54) is 0 Å². The predicted molar refractivity (Wildman–Crippen MR) is 122 cm³/mol. The molecule has 0 aromatic heterocycles. The van der Waals surface area contributed by atoms with Gasteiger partial charge in [0.05, 0.1) is 0 Å². The minimum absolute atomic E-state index is 0.0397. The Labute approximate surface area is 184 Å². The molecule has 1 saturated heterocycles. The number of hydrogen-bond donors (Lipinski definition) is 3. The van der Waals surface area contributed by atoms with E-state index in [-0.39, 0.29) is 17.9 Å². The van der Waals surface area contributed by atoms with Gasteiger partial charge in [0.1, 0.15) is 5.60 Å². The summed E-state index contributed by atoms with van der Waals surface area (Å²) in [5.74, 6) is 1.18. The number of rotatable bonds is 4. The van der Waals surface area contributed by atoms with Gasteiger partial charge in [0.15, 0.2) is 5.96 Å². The SMILES string of the molecule is CN=C(NCC1CCCN(C(=O)OC(C)(C)C)C1)NCC1CC(=O)Nc2ccccc21. The second kappa shape index (κ2) is 10.0. The topological polar surface area (TPSA) is 95.1 Å². The molecule has 3 N–H and O–H groups in total. The molecule has 2 heterocycles. The van der Waals surface area contributed by atoms with E-state index in [0.717, 1.165) is 37.2 Å². The molecule has 1 aromatic carbocycles. The van der Waals surface area contributed by atoms with Gasteiger partial charge >= 0.3 is 6.09 Å². The fourth-order valence-corrected chi connectivity index (χ4v) is 4.09. The second-order valence-electron chi connectivity index (χ2n) is 9.31. The van der Waals surface area contributed by atoms with Crippen molar-refractivity contribution in [1.29, 1.82) is 0 Å². The lowest BCUT2D eigenvalue weighted by molar-refractivity contribution is -0.116. The summed E-state index contributed by atoms with van der Waals surface area (Å²) in [6.45, 7) is 8.42. The van der Waals surface area contributed by atoms with Crippen LogP contribution in [-0.2, 0) is 9.53 Å². The molecule has 8 heteroatoms. The van der Waals surface area contributed by atoms with Crippen LogP contribution in [0.15, 0.2) is 29.3 Å². The lowest BCUT2D eigenvalue weighted by Crippen LogP contribution is -2.47. The van der Waals surface area contributed by atoms with Crippen molar-refractivity contribution in [3.05, 3.63) is 29.8 Å². The predicted octanol–water partition coefficient (Wildman–Crippen LogP) is 2.92. The molecule has 8 nitrogen and oxygen atoms in total. The van der Waals surface area contributed by atoms with Crippen molar-refractivity contribution in [3.63, 3.8) is 0 Å². The van der Waals surface area contributed by atoms with Gasteiger partial charge in [-0.3, -0.25) is 9.79 Å². The summed E-state index contributed by atoms with van der Waals surface area (Å²) in [4.78, 5) is 30.5. The van der Waals surface area contributed by atoms with E-state index in [0.29, 0.717) is 31.4 Å². The molecule has 2 aliphatic heterocycles. The molecular formula is C23H35N5O3. The zero-order valence-corrected chi connectivity index (χ0v) is 19.0. The molecule has 2 atom stereocenters. The van der Waals surface area contributed by atoms with Crippen molar-refractivity contribution in [3.8, 4) is 0 Å². The van der Waals surface area contributed by atoms with Crippen molar-refractivity contribution < 1.29 is 14.3 Å². The molecular weight excluding hydrogens is 394 g/mol. The fourth-order valence-electron chi connectivity index (χ4n) is 4.09. The Hall–Kier alpha value is -2.77. The maximum absolute atomic E-state index is 12.4. The molecule has 2 aliphatic rings. The van der Waals surface area contributed by atoms with Crippen molar-refractivity contribution in [1.82, 2.24) is 15.5 Å². The highest BCUT2D eigenvalue weighted by Crippen LogP contribution is 2.31. The number of likely N-dealkylation sites (tertiary alicyclic amines) is 1. The number of amides is 2. The van der Waals surface area contributed by atoms with E-state index < -0.39 is 5.60 Å². The Bertz CT molecular complexity index is 818. The van der Waals surface area contributed by atoms with Crippen LogP contribution in [0.1, 0.15) is 51.5 Å². The summed E-state index contributed by atoms with van der Waals surface area (Å²) in [6.07, 6.45) is 2.23. The molecule has 2 unspecified atom stereocenters. The van der Waals surface area contributed by atoms with Gasteiger partial charge in [-0.1, -0.05) is 18.2 Å². The molecule has 0 saturated carbocycles. The lowest BCUT2D eigenvalue weighted by atomic mass is 9.90. The van der Waals surface area contributed by atoms with Gasteiger partial charge in [0.25, 0.3) is 0 Å². The van der Waals surface area contributed by atoms with Gasteiger partial charge in [-0.2, -0.15) is 0 Å². The average Bonchev–Trinajstić information content (AvgIpc) is 2.72. The van der Waals surface area contributed by atoms with Crippen LogP contribution in [0.25, 0.3) is 0 Å². The Kier molecular flexibility index (Phi) is 7.41. The number of carbonyl (C=O) groups is 2. The van der Waals surface area contributed by atoms with Gasteiger partial charge in [0, 0.05) is 51.3 Å². The monoisotopic (exact) mass is 429 g/mol. The number of hydrogen-bond acceptors (Lipinski definition) is 4. The second-order valence-corrected chi connectivity index (χ2v) is 9.31. The van der Waals surface area contributed by atoms with Gasteiger partial charge in [-0.05, 0) is 51.2 Å². The Balaban J connectivity index is 1.49. The van der Waals surface area contributed by atoms with Crippen LogP contribution in [-0.4, -0.2) is 61.7 Å². The summed E-state index contributed by atoms with van der Waals surface area (Å²) in [5.41, 5.74) is 1.55. The maximum atomic E-state index is 12.4. The fraction of sp³-hybridized carbons (Fsp3) is 0.609. The molecule has 3 rings (SSSR count). The summed E-state index contributed by atoms with van der Waals surface area (Å²) >= 11 is 0. The van der Waals surface area contributed by atoms with E-state index in [2.05, 4.69) is 27.0 Å². The number of nitrogens with one attached hydrogen (secondary N) is 3. The quantitative estimate of drug-likeness (QED) is 0.505. The largest absolute Gasteiger partial charge is 0.444 e. The molecule has 31 heavy (non-hydrogen) atoms. The van der Waals surface area contributed by atoms with Crippen molar-refractivity contribution in [2.45, 2.75) is 51.6 Å². The van der Waals surface area contributed by atoms with Crippen LogP contribution >= 0.6 is 0 Å². The first-order chi connectivity index (χ1) is 14.7. The lowest BCUT2D eigenvalue weighted by Gasteiger charge is -2.34. The molecule has 2 amide bonds. The van der Waals surface area contributed by atoms with Crippen molar-refractivity contribution >= 4 is 23.6 Å². The number of guanidine groups is 1. The Morgan fingerprint density at radius 2 is 2.00 bits per heavy atom. The highest BCUT2D eigenvalue weighted by Gasteiger charge is 2.28. The van der Waals surface area contributed by atoms with E-state index in [4.69, 9.17) is 4.74 Å². The maximum Gasteiger partial charge on any atom is 0.410 e. The third kappa shape index (κ3) is 6.60. The molecule has 0 aliphatic carbocycles. The number of benzene rings is 1. The number of nitrogens with zero attached hydrogens (tertiary/aromatic N) is 2. The van der Waals surface area contributed by atoms with Crippen LogP contribution in [0.4, 0.5) is 10.5 Å². The van der Waals surface area contributed by atoms with Crippen LogP contribution in [0, 0.1) is 5.92 Å². The molecule has 170 valence electrons. The molecule has 0 spiro atoms. The first kappa shape index (κ1) is 22.9. The third-order valence-corrected chi connectivity index (χ3v) is 5.57. The van der Waals surface area contributed by atoms with Crippen LogP contribution in [0.5, 0.6) is 0 Å². The van der Waals surface area contributed by atoms with Crippen molar-refractivity contribution in [2.75, 3.05) is 38.5 Å². The van der Waals surface area contributed by atoms with E-state index in [9.17, 15) is 9.59 Å². The zero-order valence-electron chi connectivity index (χ0n) is 19.0. The van der Waals surface area contributed by atoms with Crippen LogP contribution < -0.4 is 16.0 Å². The molecule has 1 fully saturated rings. The summed E-state index contributed by atoms with van der Waals surface area (Å²) in [7, 11) is 1.74. The third-order valence-electron chi connectivity index (χ3n) is 5.57. The summed E-state index contributed by atoms with van der Waals surface area (Å²) < 4.78 is 5.51. The first-order valence-corrected chi connectivity index (χ1v) is 11.1. The Morgan fingerprint density at radius 3 is 2.74 bits per heavy atom. The minimum Gasteiger partial charge on any atom is -0.444 e. The van der Waals surface area contributed by atoms with Gasteiger partial charge in [-0.25, -0.2) is 4.79 Å². The average molecular weight is 430 g/mol. The number of aliphatic imine (C=N–C) groups is 1. The minimum atomic E-state index is -0.483. The number of para-hydroxylation sites is 1. The highest BCUT2D eigenvalue weighted by molar-refractivity contribution is 5.94. The number of piperidine rings is 1. The molecule has 0 bridgehead atoms. The van der Waals surface area contributed by atoms with Crippen molar-refractivity contribution in [2.24, 2.45) is 10.9 Å². The smallest absolute Gasteiger partial charge is 0.410 e. The standard InChI is InChI=1S/C23H35N5O3/c1-23(2,3)31-22(30)28-11-7-8-16(15-28)13-25-21(24-4)26-14-17-12-20(29)27-19-10-6-5-9-18(17)19/h5-6,9-10,16-17H,7-8,11-15H2,1-4H3,(H,27,29)(H2,24,25,26). The summed E-state index contributed by atoms with van der Waals surface area (Å²) in [6, 6.07) is 7.92. The first-order valence-electron chi connectivity index (χ1n) is 11.1. The van der Waals surface area contributed by atoms with Gasteiger partial charge in [0.2, 0.25) is 5.91 Å². The normalized spacial score (nSPS) is 21.7. The van der Waals surface area contributed by atoms with Gasteiger partial charge < -0.3 is 25.6 Å². The number of anilines is 1. The van der Waals surface area contributed by atoms with E-state index >= 15 is 0 Å². The van der Waals surface area contributed by atoms with E-state index in [1.54, 1.807) is 11.9 Å². The highest BCUT2D eigenvalue weighted by atomic mass is 16.6. The number of ether oxygens (including phenoxy) is 1. The number of fused-ring (bicyclic) bond motifs is 1. The summed E-state index contributed by atoms with van der Waals surface area (Å²) in [5, 5.41) is 9.67. The zero-order chi connectivity index (χ0) is 22.4. The molecule has 0 radical (unpaired) electrons. The van der Waals surface area contributed by atoms with Gasteiger partial charge in [-0.15, -0.1) is 0 Å². The number of carbonyl (C=O) groups excluding carboxylic acids is 2. The van der Waals surface area contributed by atoms with Crippen LogP contribution in [0.3, 0.4) is 0 Å². The van der Waals surface area contributed by atoms with E-state index in [1.807, 2.05) is 39.0 Å². The Morgan fingerprint density at radius 1 is 1.26 bits per heavy atom.